The molecular weight excluding hydrogens is 430 g/mol. The molecule has 33 heavy (non-hydrogen) atoms. The summed E-state index contributed by atoms with van der Waals surface area (Å²) in [6.45, 7) is 15.3. The molecule has 3 heterocycles. The van der Waals surface area contributed by atoms with Gasteiger partial charge in [0.05, 0.1) is 23.4 Å². The summed E-state index contributed by atoms with van der Waals surface area (Å²) in [5.74, 6) is 2.06. The number of rotatable bonds is 7. The molecule has 0 aliphatic heterocycles. The molecule has 4 aromatic rings. The Morgan fingerprint density at radius 1 is 1.12 bits per heavy atom. The number of fused-ring (bicyclic) bond motifs is 1. The fourth-order valence-corrected chi connectivity index (χ4v) is 5.06. The van der Waals surface area contributed by atoms with E-state index in [0.717, 1.165) is 41.0 Å². The number of methoxy groups -OCH3 is 1. The highest BCUT2D eigenvalue weighted by Gasteiger charge is 2.25. The average molecular weight is 464 g/mol. The highest BCUT2D eigenvalue weighted by molar-refractivity contribution is 7.16. The zero-order chi connectivity index (χ0) is 23.8. The van der Waals surface area contributed by atoms with Crippen molar-refractivity contribution in [1.82, 2.24) is 19.8 Å². The normalized spacial score (nSPS) is 12.8. The van der Waals surface area contributed by atoms with Gasteiger partial charge in [-0.15, -0.1) is 21.5 Å². The van der Waals surface area contributed by atoms with E-state index in [2.05, 4.69) is 74.8 Å². The molecule has 0 bridgehead atoms. The monoisotopic (exact) mass is 463 g/mol. The molecule has 0 aliphatic carbocycles. The summed E-state index contributed by atoms with van der Waals surface area (Å²) in [4.78, 5) is 3.63. The summed E-state index contributed by atoms with van der Waals surface area (Å²) in [5, 5.41) is 16.3. The van der Waals surface area contributed by atoms with Crippen LogP contribution in [0.2, 0.25) is 0 Å². The predicted molar refractivity (Wildman–Crippen MR) is 137 cm³/mol. The van der Waals surface area contributed by atoms with Crippen molar-refractivity contribution >= 4 is 28.1 Å². The summed E-state index contributed by atoms with van der Waals surface area (Å²) in [6, 6.07) is 12.3. The van der Waals surface area contributed by atoms with E-state index in [4.69, 9.17) is 9.84 Å². The highest BCUT2D eigenvalue weighted by atomic mass is 32.1. The van der Waals surface area contributed by atoms with Crippen LogP contribution in [-0.4, -0.2) is 40.0 Å². The molecule has 0 saturated heterocycles. The zero-order valence-corrected chi connectivity index (χ0v) is 21.4. The smallest absolute Gasteiger partial charge is 0.189 e. The van der Waals surface area contributed by atoms with Crippen molar-refractivity contribution in [1.29, 1.82) is 0 Å². The average Bonchev–Trinajstić information content (AvgIpc) is 3.48. The number of thiophene rings is 1. The van der Waals surface area contributed by atoms with E-state index in [9.17, 15) is 0 Å². The molecular formula is C26H33N5OS. The molecule has 0 unspecified atom stereocenters. The SMILES string of the molecule is CCN(CC(C)C)c1ccc(C=c2c(C(C)(C)C)nn3c(-c4ccccc4OC)nnc23)s1. The minimum Gasteiger partial charge on any atom is -0.496 e. The van der Waals surface area contributed by atoms with Crippen molar-refractivity contribution in [2.75, 3.05) is 25.1 Å². The Morgan fingerprint density at radius 2 is 1.88 bits per heavy atom. The predicted octanol–water partition coefficient (Wildman–Crippen LogP) is 5.19. The number of aromatic nitrogens is 4. The van der Waals surface area contributed by atoms with Gasteiger partial charge < -0.3 is 9.64 Å². The van der Waals surface area contributed by atoms with Gasteiger partial charge in [0.25, 0.3) is 0 Å². The van der Waals surface area contributed by atoms with E-state index >= 15 is 0 Å². The quantitative estimate of drug-likeness (QED) is 0.378. The maximum Gasteiger partial charge on any atom is 0.189 e. The molecule has 6 nitrogen and oxygen atoms in total. The Balaban J connectivity index is 1.86. The Bertz CT molecular complexity index is 1300. The number of nitrogens with zero attached hydrogens (tertiary/aromatic N) is 5. The van der Waals surface area contributed by atoms with Crippen LogP contribution in [0.4, 0.5) is 5.00 Å². The second kappa shape index (κ2) is 9.14. The second-order valence-corrected chi connectivity index (χ2v) is 10.8. The number of ether oxygens (including phenoxy) is 1. The second-order valence-electron chi connectivity index (χ2n) is 9.72. The lowest BCUT2D eigenvalue weighted by atomic mass is 9.91. The van der Waals surface area contributed by atoms with Gasteiger partial charge in [-0.1, -0.05) is 46.8 Å². The Labute approximate surface area is 199 Å². The maximum absolute atomic E-state index is 5.56. The molecule has 1 aromatic carbocycles. The Kier molecular flexibility index (Phi) is 6.43. The first-order chi connectivity index (χ1) is 15.7. The summed E-state index contributed by atoms with van der Waals surface area (Å²) in [7, 11) is 1.67. The van der Waals surface area contributed by atoms with Crippen molar-refractivity contribution in [2.24, 2.45) is 5.92 Å². The van der Waals surface area contributed by atoms with Crippen LogP contribution in [0.1, 0.15) is 52.1 Å². The van der Waals surface area contributed by atoms with Crippen LogP contribution in [0, 0.1) is 5.92 Å². The van der Waals surface area contributed by atoms with Crippen molar-refractivity contribution in [3.05, 3.63) is 52.2 Å². The first-order valence-corrected chi connectivity index (χ1v) is 12.3. The van der Waals surface area contributed by atoms with Crippen molar-refractivity contribution in [3.63, 3.8) is 0 Å². The Hall–Kier alpha value is -2.93. The van der Waals surface area contributed by atoms with Crippen molar-refractivity contribution < 1.29 is 4.74 Å². The minimum absolute atomic E-state index is 0.141. The molecule has 0 aliphatic rings. The van der Waals surface area contributed by atoms with Crippen LogP contribution in [0.5, 0.6) is 5.75 Å². The lowest BCUT2D eigenvalue weighted by Gasteiger charge is -2.23. The number of hydrogen-bond acceptors (Lipinski definition) is 6. The first kappa shape index (κ1) is 23.2. The van der Waals surface area contributed by atoms with Gasteiger partial charge in [-0.3, -0.25) is 0 Å². The van der Waals surface area contributed by atoms with Crippen molar-refractivity contribution in [3.8, 4) is 17.1 Å². The van der Waals surface area contributed by atoms with Crippen LogP contribution in [-0.2, 0) is 5.41 Å². The molecule has 4 rings (SSSR count). The molecule has 0 spiro atoms. The third-order valence-electron chi connectivity index (χ3n) is 5.57. The molecule has 7 heteroatoms. The third kappa shape index (κ3) is 4.60. The van der Waals surface area contributed by atoms with Crippen LogP contribution in [0.15, 0.2) is 36.4 Å². The number of benzene rings is 1. The van der Waals surface area contributed by atoms with Gasteiger partial charge in [-0.05, 0) is 43.2 Å². The van der Waals surface area contributed by atoms with E-state index in [1.165, 1.54) is 9.88 Å². The minimum atomic E-state index is -0.141. The molecule has 0 amide bonds. The summed E-state index contributed by atoms with van der Waals surface area (Å²) in [5.41, 5.74) is 2.51. The first-order valence-electron chi connectivity index (χ1n) is 11.5. The van der Waals surface area contributed by atoms with Crippen LogP contribution in [0.3, 0.4) is 0 Å². The summed E-state index contributed by atoms with van der Waals surface area (Å²) < 4.78 is 7.42. The highest BCUT2D eigenvalue weighted by Crippen LogP contribution is 2.30. The van der Waals surface area contributed by atoms with Gasteiger partial charge >= 0.3 is 0 Å². The van der Waals surface area contributed by atoms with E-state index in [-0.39, 0.29) is 5.41 Å². The molecule has 174 valence electrons. The molecule has 0 fully saturated rings. The van der Waals surface area contributed by atoms with E-state index in [1.54, 1.807) is 7.11 Å². The van der Waals surface area contributed by atoms with Gasteiger partial charge in [-0.25, -0.2) is 0 Å². The fraction of sp³-hybridized carbons (Fsp3) is 0.423. The van der Waals surface area contributed by atoms with Gasteiger partial charge in [0.2, 0.25) is 0 Å². The number of hydrogen-bond donors (Lipinski definition) is 0. The molecule has 0 radical (unpaired) electrons. The third-order valence-corrected chi connectivity index (χ3v) is 6.67. The molecule has 0 saturated carbocycles. The standard InChI is InChI=1S/C26H33N5OS/c1-8-30(16-17(2)3)22-14-13-18(33-22)15-20-23(26(4,5)6)29-31-24(27-28-25(20)31)19-11-9-10-12-21(19)32-7/h9-15,17H,8,16H2,1-7H3. The fourth-order valence-electron chi connectivity index (χ4n) is 4.03. The van der Waals surface area contributed by atoms with Gasteiger partial charge in [0.15, 0.2) is 11.5 Å². The topological polar surface area (TPSA) is 55.6 Å². The maximum atomic E-state index is 5.56. The van der Waals surface area contributed by atoms with Crippen LogP contribution < -0.4 is 14.9 Å². The van der Waals surface area contributed by atoms with E-state index in [1.807, 2.05) is 40.1 Å². The molecule has 3 aromatic heterocycles. The molecule has 0 N–H and O–H groups in total. The largest absolute Gasteiger partial charge is 0.496 e. The van der Waals surface area contributed by atoms with Crippen molar-refractivity contribution in [2.45, 2.75) is 47.0 Å². The van der Waals surface area contributed by atoms with Gasteiger partial charge in [0.1, 0.15) is 5.75 Å². The van der Waals surface area contributed by atoms with E-state index in [0.29, 0.717) is 11.7 Å². The zero-order valence-electron chi connectivity index (χ0n) is 20.6. The molecule has 0 atom stereocenters. The summed E-state index contributed by atoms with van der Waals surface area (Å²) in [6.07, 6.45) is 2.21. The lowest BCUT2D eigenvalue weighted by molar-refractivity contribution is 0.416. The number of anilines is 1. The Morgan fingerprint density at radius 3 is 2.55 bits per heavy atom. The number of para-hydroxylation sites is 1. The van der Waals surface area contributed by atoms with Crippen LogP contribution >= 0.6 is 11.3 Å². The van der Waals surface area contributed by atoms with Crippen LogP contribution in [0.25, 0.3) is 23.1 Å². The van der Waals surface area contributed by atoms with Gasteiger partial charge in [-0.2, -0.15) is 9.61 Å². The summed E-state index contributed by atoms with van der Waals surface area (Å²) >= 11 is 1.81. The lowest BCUT2D eigenvalue weighted by Crippen LogP contribution is -2.26. The van der Waals surface area contributed by atoms with E-state index < -0.39 is 0 Å². The van der Waals surface area contributed by atoms with Gasteiger partial charge in [0, 0.05) is 28.6 Å².